The Morgan fingerprint density at radius 2 is 1.72 bits per heavy atom. The second-order valence-electron chi connectivity index (χ2n) is 8.06. The average Bonchev–Trinajstić information content (AvgIpc) is 3.05. The molecule has 0 spiro atoms. The van der Waals surface area contributed by atoms with Gasteiger partial charge in [-0.2, -0.15) is 0 Å². The monoisotopic (exact) mass is 397 g/mol. The second kappa shape index (κ2) is 9.74. The number of aryl methyl sites for hydroxylation is 2. The molecule has 1 aliphatic rings. The first-order valence-corrected chi connectivity index (χ1v) is 10.3. The van der Waals surface area contributed by atoms with Gasteiger partial charge in [-0.1, -0.05) is 31.2 Å². The predicted octanol–water partition coefficient (Wildman–Crippen LogP) is 3.17. The molecule has 1 fully saturated rings. The zero-order valence-corrected chi connectivity index (χ0v) is 17.6. The van der Waals surface area contributed by atoms with Gasteiger partial charge in [-0.3, -0.25) is 14.5 Å². The van der Waals surface area contributed by atoms with Crippen molar-refractivity contribution in [1.29, 1.82) is 0 Å². The zero-order chi connectivity index (χ0) is 20.8. The van der Waals surface area contributed by atoms with Crippen LogP contribution in [0.3, 0.4) is 0 Å². The van der Waals surface area contributed by atoms with E-state index >= 15 is 0 Å². The Bertz CT molecular complexity index is 834. The van der Waals surface area contributed by atoms with Gasteiger partial charge in [0.15, 0.2) is 0 Å². The summed E-state index contributed by atoms with van der Waals surface area (Å²) >= 11 is 0. The van der Waals surface area contributed by atoms with Crippen molar-refractivity contribution in [1.82, 2.24) is 15.5 Å². The van der Waals surface area contributed by atoms with E-state index in [1.54, 1.807) is 19.9 Å². The highest BCUT2D eigenvalue weighted by Crippen LogP contribution is 2.18. The van der Waals surface area contributed by atoms with Crippen molar-refractivity contribution < 1.29 is 14.0 Å². The van der Waals surface area contributed by atoms with Crippen LogP contribution in [0.5, 0.6) is 0 Å². The molecule has 1 saturated heterocycles. The van der Waals surface area contributed by atoms with Gasteiger partial charge in [-0.15, -0.1) is 0 Å². The molecule has 0 bridgehead atoms. The van der Waals surface area contributed by atoms with Crippen molar-refractivity contribution in [2.75, 3.05) is 19.6 Å². The summed E-state index contributed by atoms with van der Waals surface area (Å²) in [7, 11) is 0. The van der Waals surface area contributed by atoms with E-state index in [2.05, 4.69) is 46.7 Å². The average molecular weight is 398 g/mol. The number of carbonyl (C=O) groups excluding carboxylic acids is 2. The predicted molar refractivity (Wildman–Crippen MR) is 112 cm³/mol. The number of nitrogens with zero attached hydrogens (tertiary/aromatic N) is 1. The number of furan rings is 1. The molecule has 0 atom stereocenters. The van der Waals surface area contributed by atoms with Crippen LogP contribution in [0.25, 0.3) is 0 Å². The van der Waals surface area contributed by atoms with Crippen LogP contribution in [-0.4, -0.2) is 36.3 Å². The van der Waals surface area contributed by atoms with Gasteiger partial charge in [0.25, 0.3) is 5.91 Å². The molecule has 0 radical (unpaired) electrons. The van der Waals surface area contributed by atoms with Crippen molar-refractivity contribution in [3.63, 3.8) is 0 Å². The van der Waals surface area contributed by atoms with Gasteiger partial charge in [-0.25, -0.2) is 0 Å². The van der Waals surface area contributed by atoms with Gasteiger partial charge in [0.1, 0.15) is 11.5 Å². The molecule has 1 aromatic heterocycles. The largest absolute Gasteiger partial charge is 0.466 e. The number of rotatable bonds is 7. The number of hydrogen-bond acceptors (Lipinski definition) is 4. The third-order valence-corrected chi connectivity index (χ3v) is 5.49. The molecule has 2 N–H and O–H groups in total. The van der Waals surface area contributed by atoms with Crippen LogP contribution in [0.2, 0.25) is 0 Å². The van der Waals surface area contributed by atoms with E-state index in [9.17, 15) is 9.59 Å². The summed E-state index contributed by atoms with van der Waals surface area (Å²) < 4.78 is 5.35. The fraction of sp³-hybridized carbons (Fsp3) is 0.478. The lowest BCUT2D eigenvalue weighted by Gasteiger charge is -2.30. The van der Waals surface area contributed by atoms with Crippen molar-refractivity contribution >= 4 is 11.8 Å². The third kappa shape index (κ3) is 6.19. The van der Waals surface area contributed by atoms with Gasteiger partial charge in [0, 0.05) is 13.1 Å². The van der Waals surface area contributed by atoms with Gasteiger partial charge < -0.3 is 15.1 Å². The molecule has 2 aromatic rings. The minimum atomic E-state index is -0.300. The molecule has 6 nitrogen and oxygen atoms in total. The van der Waals surface area contributed by atoms with E-state index in [0.717, 1.165) is 18.0 Å². The fourth-order valence-electron chi connectivity index (χ4n) is 3.62. The molecule has 1 aromatic carbocycles. The number of nitrogens with one attached hydrogen (secondary N) is 2. The van der Waals surface area contributed by atoms with Crippen molar-refractivity contribution in [2.45, 2.75) is 46.7 Å². The molecule has 0 unspecified atom stereocenters. The minimum Gasteiger partial charge on any atom is -0.466 e. The summed E-state index contributed by atoms with van der Waals surface area (Å²) in [5.41, 5.74) is 2.81. The van der Waals surface area contributed by atoms with E-state index in [1.807, 2.05) is 0 Å². The number of benzene rings is 1. The molecule has 1 aliphatic heterocycles. The lowest BCUT2D eigenvalue weighted by atomic mass is 9.99. The highest BCUT2D eigenvalue weighted by Gasteiger charge is 2.16. The standard InChI is InChI=1S/C23H31N3O3/c1-16-8-10-26(11-9-16)15-20-6-4-19(5-7-20)13-24-22(27)14-25-23(28)21-12-17(2)29-18(21)3/h4-7,12,16H,8-11,13-15H2,1-3H3,(H,24,27)(H,25,28). The number of piperidine rings is 1. The lowest BCUT2D eigenvalue weighted by Crippen LogP contribution is -2.36. The molecular weight excluding hydrogens is 366 g/mol. The summed E-state index contributed by atoms with van der Waals surface area (Å²) in [6.07, 6.45) is 2.56. The van der Waals surface area contributed by atoms with Crippen molar-refractivity contribution in [2.24, 2.45) is 5.92 Å². The van der Waals surface area contributed by atoms with Gasteiger partial charge in [-0.05, 0) is 62.9 Å². The number of hydrogen-bond donors (Lipinski definition) is 2. The van der Waals surface area contributed by atoms with Crippen LogP contribution in [0.4, 0.5) is 0 Å². The lowest BCUT2D eigenvalue weighted by molar-refractivity contribution is -0.120. The Kier molecular flexibility index (Phi) is 7.09. The van der Waals surface area contributed by atoms with Crippen LogP contribution < -0.4 is 10.6 Å². The number of carbonyl (C=O) groups is 2. The first-order valence-electron chi connectivity index (χ1n) is 10.3. The Hall–Kier alpha value is -2.60. The fourth-order valence-corrected chi connectivity index (χ4v) is 3.62. The summed E-state index contributed by atoms with van der Waals surface area (Å²) in [5.74, 6) is 1.55. The Morgan fingerprint density at radius 1 is 1.07 bits per heavy atom. The number of likely N-dealkylation sites (tertiary alicyclic amines) is 1. The smallest absolute Gasteiger partial charge is 0.255 e. The molecular formula is C23H31N3O3. The molecule has 2 amide bonds. The maximum atomic E-state index is 12.1. The molecule has 2 heterocycles. The summed E-state index contributed by atoms with van der Waals surface area (Å²) in [5, 5.41) is 5.47. The van der Waals surface area contributed by atoms with E-state index in [-0.39, 0.29) is 18.4 Å². The quantitative estimate of drug-likeness (QED) is 0.753. The van der Waals surface area contributed by atoms with Gasteiger partial charge in [0.2, 0.25) is 5.91 Å². The zero-order valence-electron chi connectivity index (χ0n) is 17.6. The summed E-state index contributed by atoms with van der Waals surface area (Å²) in [6.45, 7) is 9.55. The van der Waals surface area contributed by atoms with Crippen LogP contribution in [-0.2, 0) is 17.9 Å². The van der Waals surface area contributed by atoms with Crippen LogP contribution in [0.15, 0.2) is 34.7 Å². The normalized spacial score (nSPS) is 15.3. The molecule has 29 heavy (non-hydrogen) atoms. The molecule has 0 aliphatic carbocycles. The van der Waals surface area contributed by atoms with Gasteiger partial charge >= 0.3 is 0 Å². The molecule has 3 rings (SSSR count). The summed E-state index contributed by atoms with van der Waals surface area (Å²) in [4.78, 5) is 26.7. The third-order valence-electron chi connectivity index (χ3n) is 5.49. The molecule has 156 valence electrons. The second-order valence-corrected chi connectivity index (χ2v) is 8.06. The van der Waals surface area contributed by atoms with Crippen LogP contribution in [0, 0.1) is 19.8 Å². The number of amides is 2. The Balaban J connectivity index is 1.39. The van der Waals surface area contributed by atoms with E-state index in [1.165, 1.54) is 31.5 Å². The van der Waals surface area contributed by atoms with E-state index in [0.29, 0.717) is 23.6 Å². The highest BCUT2D eigenvalue weighted by atomic mass is 16.3. The van der Waals surface area contributed by atoms with E-state index < -0.39 is 0 Å². The highest BCUT2D eigenvalue weighted by molar-refractivity contribution is 5.97. The first-order chi connectivity index (χ1) is 13.9. The van der Waals surface area contributed by atoms with Crippen molar-refractivity contribution in [3.8, 4) is 0 Å². The minimum absolute atomic E-state index is 0.0615. The Morgan fingerprint density at radius 3 is 2.34 bits per heavy atom. The maximum absolute atomic E-state index is 12.1. The van der Waals surface area contributed by atoms with Crippen molar-refractivity contribution in [3.05, 3.63) is 58.5 Å². The van der Waals surface area contributed by atoms with Crippen LogP contribution in [0.1, 0.15) is 52.8 Å². The van der Waals surface area contributed by atoms with E-state index in [4.69, 9.17) is 4.42 Å². The molecule has 0 saturated carbocycles. The topological polar surface area (TPSA) is 74.6 Å². The van der Waals surface area contributed by atoms with Crippen LogP contribution >= 0.6 is 0 Å². The maximum Gasteiger partial charge on any atom is 0.255 e. The Labute approximate surface area is 172 Å². The molecule has 6 heteroatoms. The van der Waals surface area contributed by atoms with Gasteiger partial charge in [0.05, 0.1) is 12.1 Å². The summed E-state index contributed by atoms with van der Waals surface area (Å²) in [6, 6.07) is 10.0. The SMILES string of the molecule is Cc1cc(C(=O)NCC(=O)NCc2ccc(CN3CCC(C)CC3)cc2)c(C)o1. The first kappa shape index (κ1) is 21.1.